The van der Waals surface area contributed by atoms with E-state index in [1.807, 2.05) is 0 Å². The summed E-state index contributed by atoms with van der Waals surface area (Å²) < 4.78 is 0. The molecule has 0 atom stereocenters. The van der Waals surface area contributed by atoms with Gasteiger partial charge in [-0.25, -0.2) is 9.59 Å². The third kappa shape index (κ3) is 19.9. The zero-order chi connectivity index (χ0) is 5.15. The van der Waals surface area contributed by atoms with Crippen LogP contribution < -0.4 is 18.5 Å². The molecule has 0 amide bonds. The van der Waals surface area contributed by atoms with Crippen LogP contribution >= 0.6 is 0 Å². The van der Waals surface area contributed by atoms with Crippen LogP contribution in [0, 0.1) is 0 Å². The summed E-state index contributed by atoms with van der Waals surface area (Å²) >= 11 is 0. The summed E-state index contributed by atoms with van der Waals surface area (Å²) in [4.78, 5) is 18.2. The Morgan fingerprint density at radius 3 is 0.889 bits per heavy atom. The van der Waals surface area contributed by atoms with Crippen LogP contribution in [0.5, 0.6) is 0 Å². The van der Waals surface area contributed by atoms with E-state index < -0.39 is 11.9 Å². The van der Waals surface area contributed by atoms with Gasteiger partial charge in [-0.3, -0.25) is 0 Å². The maximum atomic E-state index is 9.10. The van der Waals surface area contributed by atoms with Crippen LogP contribution in [0.4, 0.5) is 0 Å². The van der Waals surface area contributed by atoms with Crippen LogP contribution in [0.15, 0.2) is 0 Å². The van der Waals surface area contributed by atoms with Gasteiger partial charge in [-0.15, -0.1) is 0 Å². The Balaban J connectivity index is -0.0000000417. The lowest BCUT2D eigenvalue weighted by Crippen LogP contribution is -2.09. The van der Waals surface area contributed by atoms with Crippen molar-refractivity contribution in [2.45, 2.75) is 0 Å². The molecule has 7 nitrogen and oxygen atoms in total. The van der Waals surface area contributed by atoms with Gasteiger partial charge in [0.2, 0.25) is 0 Å². The van der Waals surface area contributed by atoms with Crippen LogP contribution in [-0.2, 0) is 9.59 Å². The van der Waals surface area contributed by atoms with Crippen molar-refractivity contribution in [3.63, 3.8) is 0 Å². The third-order valence-electron chi connectivity index (χ3n) is 0.183. The Hall–Kier alpha value is -1.18. The molecule has 0 unspecified atom stereocenters. The van der Waals surface area contributed by atoms with Gasteiger partial charge in [0.25, 0.3) is 0 Å². The van der Waals surface area contributed by atoms with Gasteiger partial charge in [0.1, 0.15) is 0 Å². The highest BCUT2D eigenvalue weighted by molar-refractivity contribution is 6.27. The van der Waals surface area contributed by atoms with E-state index >= 15 is 0 Å². The van der Waals surface area contributed by atoms with Gasteiger partial charge in [0.05, 0.1) is 0 Å². The summed E-state index contributed by atoms with van der Waals surface area (Å²) in [5, 5.41) is 14.8. The molecule has 0 spiro atoms. The lowest BCUT2D eigenvalue weighted by atomic mass is 10.7. The highest BCUT2D eigenvalue weighted by Crippen LogP contribution is 1.56. The van der Waals surface area contributed by atoms with Crippen LogP contribution in [0.25, 0.3) is 0 Å². The number of hydrogen-bond donors (Lipinski definition) is 5. The van der Waals surface area contributed by atoms with E-state index in [9.17, 15) is 0 Å². The quantitative estimate of drug-likeness (QED) is 0.285. The summed E-state index contributed by atoms with van der Waals surface area (Å²) in [5.41, 5.74) is 0. The van der Waals surface area contributed by atoms with Gasteiger partial charge in [0.15, 0.2) is 0 Å². The Morgan fingerprint density at radius 2 is 0.889 bits per heavy atom. The van der Waals surface area contributed by atoms with E-state index in [0.29, 0.717) is 0 Å². The van der Waals surface area contributed by atoms with Crippen molar-refractivity contribution in [3.8, 4) is 0 Å². The van der Waals surface area contributed by atoms with Crippen molar-refractivity contribution in [1.29, 1.82) is 0 Å². The standard InChI is InChI=1S/C2H2O4.3H3N/c3-1(4)2(5)6;;;/h(H,3,4)(H,5,6);3*1H3. The fourth-order valence-corrected chi connectivity index (χ4v) is 0. The molecule has 0 rings (SSSR count). The van der Waals surface area contributed by atoms with E-state index in [1.54, 1.807) is 0 Å². The second-order valence-corrected chi connectivity index (χ2v) is 0.610. The molecule has 58 valence electrons. The number of carboxylic acids is 2. The molecule has 0 aromatic carbocycles. The minimum absolute atomic E-state index is 0. The molecule has 0 saturated heterocycles. The fraction of sp³-hybridized carbons (Fsp3) is 0. The highest BCUT2D eigenvalue weighted by atomic mass is 16.4. The molecular formula is C2H11N3O4. The third-order valence-corrected chi connectivity index (χ3v) is 0.183. The summed E-state index contributed by atoms with van der Waals surface area (Å²) in [6, 6.07) is 0. The monoisotopic (exact) mass is 141 g/mol. The first kappa shape index (κ1) is 24.9. The van der Waals surface area contributed by atoms with Crippen LogP contribution in [0.1, 0.15) is 0 Å². The van der Waals surface area contributed by atoms with Gasteiger partial charge < -0.3 is 28.7 Å². The number of rotatable bonds is 0. The molecule has 0 aromatic heterocycles. The smallest absolute Gasteiger partial charge is 0.414 e. The normalized spacial score (nSPS) is 4.89. The van der Waals surface area contributed by atoms with E-state index in [4.69, 9.17) is 19.8 Å². The molecule has 0 saturated carbocycles. The van der Waals surface area contributed by atoms with Crippen LogP contribution in [0.3, 0.4) is 0 Å². The molecule has 0 aliphatic heterocycles. The first-order valence-electron chi connectivity index (χ1n) is 1.11. The topological polar surface area (TPSA) is 180 Å². The number of carboxylic acid groups (broad SMARTS) is 2. The van der Waals surface area contributed by atoms with Crippen molar-refractivity contribution in [2.24, 2.45) is 0 Å². The van der Waals surface area contributed by atoms with Crippen LogP contribution in [0.2, 0.25) is 0 Å². The highest BCUT2D eigenvalue weighted by Gasteiger charge is 2.04. The van der Waals surface area contributed by atoms with Crippen molar-refractivity contribution < 1.29 is 19.8 Å². The van der Waals surface area contributed by atoms with Gasteiger partial charge >= 0.3 is 11.9 Å². The maximum Gasteiger partial charge on any atom is 0.414 e. The van der Waals surface area contributed by atoms with Crippen molar-refractivity contribution >= 4 is 11.9 Å². The number of hydrogen-bond acceptors (Lipinski definition) is 5. The Labute approximate surface area is 51.4 Å². The minimum atomic E-state index is -1.82. The molecular weight excluding hydrogens is 130 g/mol. The van der Waals surface area contributed by atoms with Crippen molar-refractivity contribution in [1.82, 2.24) is 18.5 Å². The van der Waals surface area contributed by atoms with E-state index in [1.165, 1.54) is 0 Å². The lowest BCUT2D eigenvalue weighted by Gasteiger charge is -1.72. The molecule has 0 aromatic rings. The Kier molecular flexibility index (Phi) is 27.5. The van der Waals surface area contributed by atoms with Crippen LogP contribution in [-0.4, -0.2) is 22.2 Å². The second-order valence-electron chi connectivity index (χ2n) is 0.610. The Morgan fingerprint density at radius 1 is 0.778 bits per heavy atom. The lowest BCUT2D eigenvalue weighted by molar-refractivity contribution is -0.159. The largest absolute Gasteiger partial charge is 0.473 e. The van der Waals surface area contributed by atoms with E-state index in [0.717, 1.165) is 0 Å². The molecule has 0 bridgehead atoms. The fourth-order valence-electron chi connectivity index (χ4n) is 0. The minimum Gasteiger partial charge on any atom is -0.473 e. The van der Waals surface area contributed by atoms with E-state index in [2.05, 4.69) is 0 Å². The average Bonchev–Trinajstić information content (AvgIpc) is 1.36. The number of aliphatic carboxylic acids is 2. The van der Waals surface area contributed by atoms with E-state index in [-0.39, 0.29) is 18.5 Å². The second kappa shape index (κ2) is 9.94. The molecule has 0 fully saturated rings. The molecule has 0 aliphatic carbocycles. The first-order valence-corrected chi connectivity index (χ1v) is 1.11. The van der Waals surface area contributed by atoms with Gasteiger partial charge in [0, 0.05) is 0 Å². The molecule has 9 heavy (non-hydrogen) atoms. The predicted molar refractivity (Wildman–Crippen MR) is 30.3 cm³/mol. The summed E-state index contributed by atoms with van der Waals surface area (Å²) in [5.74, 6) is -3.65. The first-order chi connectivity index (χ1) is 2.64. The molecule has 11 N–H and O–H groups in total. The number of carbonyl (C=O) groups is 2. The summed E-state index contributed by atoms with van der Waals surface area (Å²) in [7, 11) is 0. The summed E-state index contributed by atoms with van der Waals surface area (Å²) in [6.07, 6.45) is 0. The zero-order valence-corrected chi connectivity index (χ0v) is 4.83. The van der Waals surface area contributed by atoms with Gasteiger partial charge in [-0.05, 0) is 0 Å². The Bertz CT molecular complexity index is 79.8. The molecule has 0 heterocycles. The molecule has 0 aliphatic rings. The maximum absolute atomic E-state index is 9.10. The van der Waals surface area contributed by atoms with Gasteiger partial charge in [-0.1, -0.05) is 0 Å². The zero-order valence-electron chi connectivity index (χ0n) is 4.83. The van der Waals surface area contributed by atoms with Crippen molar-refractivity contribution in [2.75, 3.05) is 0 Å². The summed E-state index contributed by atoms with van der Waals surface area (Å²) in [6.45, 7) is 0. The SMILES string of the molecule is N.N.N.O=C(O)C(=O)O. The van der Waals surface area contributed by atoms with Crippen molar-refractivity contribution in [3.05, 3.63) is 0 Å². The van der Waals surface area contributed by atoms with Gasteiger partial charge in [-0.2, -0.15) is 0 Å². The average molecular weight is 141 g/mol. The molecule has 0 radical (unpaired) electrons. The predicted octanol–water partition coefficient (Wildman–Crippen LogP) is -0.358. The molecule has 7 heteroatoms.